The van der Waals surface area contributed by atoms with Crippen LogP contribution in [-0.2, 0) is 14.8 Å². The van der Waals surface area contributed by atoms with E-state index in [-0.39, 0.29) is 6.61 Å². The second kappa shape index (κ2) is 11.2. The molecule has 0 aromatic heterocycles. The minimum Gasteiger partial charge on any atom is -0.358 e. The second-order valence-corrected chi connectivity index (χ2v) is 10.8. The Bertz CT molecular complexity index is 920. The molecule has 2 aromatic rings. The van der Waals surface area contributed by atoms with Crippen LogP contribution in [0.1, 0.15) is 47.8 Å². The van der Waals surface area contributed by atoms with Gasteiger partial charge in [0.2, 0.25) is 0 Å². The zero-order valence-corrected chi connectivity index (χ0v) is 20.8. The molecule has 1 unspecified atom stereocenters. The summed E-state index contributed by atoms with van der Waals surface area (Å²) in [7, 11) is -3.68. The van der Waals surface area contributed by atoms with Gasteiger partial charge in [0, 0.05) is 29.7 Å². The topological polar surface area (TPSA) is 46.6 Å². The third-order valence-corrected chi connectivity index (χ3v) is 8.82. The molecule has 0 aliphatic rings. The van der Waals surface area contributed by atoms with Gasteiger partial charge in [-0.05, 0) is 63.4 Å². The van der Waals surface area contributed by atoms with E-state index in [1.807, 2.05) is 32.0 Å². The molecule has 0 saturated heterocycles. The van der Waals surface area contributed by atoms with E-state index < -0.39 is 12.9 Å². The lowest BCUT2D eigenvalue weighted by Gasteiger charge is -2.21. The fourth-order valence-electron chi connectivity index (χ4n) is 3.40. The van der Waals surface area contributed by atoms with Gasteiger partial charge in [-0.15, -0.1) is 0 Å². The molecule has 0 N–H and O–H groups in total. The number of hydrogen-bond donors (Lipinski definition) is 0. The minimum atomic E-state index is -3.68. The zero-order valence-electron chi connectivity index (χ0n) is 18.3. The maximum Gasteiger partial charge on any atom is 0.300 e. The molecule has 2 aromatic carbocycles. The first-order chi connectivity index (χ1) is 14.3. The Balaban J connectivity index is 2.33. The van der Waals surface area contributed by atoms with Gasteiger partial charge in [0.15, 0.2) is 0 Å². The first kappa shape index (κ1) is 24.8. The molecule has 0 fully saturated rings. The van der Waals surface area contributed by atoms with Gasteiger partial charge in [0.1, 0.15) is 4.32 Å². The van der Waals surface area contributed by atoms with Crippen molar-refractivity contribution in [2.24, 2.45) is 0 Å². The van der Waals surface area contributed by atoms with Crippen molar-refractivity contribution in [3.05, 3.63) is 64.7 Å². The third kappa shape index (κ3) is 5.61. The molecule has 0 spiro atoms. The van der Waals surface area contributed by atoms with Crippen LogP contribution in [-0.4, -0.2) is 34.4 Å². The molecule has 0 aliphatic heterocycles. The molecule has 0 bridgehead atoms. The van der Waals surface area contributed by atoms with Gasteiger partial charge in [-0.25, -0.2) is 0 Å². The van der Waals surface area contributed by atoms with E-state index in [9.17, 15) is 9.36 Å². The number of nitrogens with zero attached hydrogens (tertiary/aromatic N) is 1. The third-order valence-electron chi connectivity index (χ3n) is 4.86. The molecule has 7 heteroatoms. The number of carbonyl (C=O) groups excluding carboxylic acids is 1. The van der Waals surface area contributed by atoms with E-state index in [2.05, 4.69) is 18.7 Å². The minimum absolute atomic E-state index is 0.202. The lowest BCUT2D eigenvalue weighted by atomic mass is 10.0. The van der Waals surface area contributed by atoms with Crippen molar-refractivity contribution in [3.63, 3.8) is 0 Å². The second-order valence-electron chi connectivity index (χ2n) is 6.94. The Kier molecular flexibility index (Phi) is 9.30. The predicted molar refractivity (Wildman–Crippen MR) is 132 cm³/mol. The Morgan fingerprint density at radius 2 is 1.63 bits per heavy atom. The van der Waals surface area contributed by atoms with Crippen LogP contribution in [0.15, 0.2) is 42.5 Å². The molecule has 1 atom stereocenters. The van der Waals surface area contributed by atoms with E-state index >= 15 is 0 Å². The van der Waals surface area contributed by atoms with Crippen molar-refractivity contribution < 1.29 is 13.9 Å². The van der Waals surface area contributed by atoms with Crippen molar-refractivity contribution in [1.82, 2.24) is 4.90 Å². The first-order valence-corrected chi connectivity index (χ1v) is 13.2. The van der Waals surface area contributed by atoms with Gasteiger partial charge in [0.25, 0.3) is 5.52 Å². The quantitative estimate of drug-likeness (QED) is 0.339. The van der Waals surface area contributed by atoms with Crippen LogP contribution in [0.5, 0.6) is 0 Å². The lowest BCUT2D eigenvalue weighted by molar-refractivity contribution is 0.105. The highest BCUT2D eigenvalue weighted by Crippen LogP contribution is 2.50. The van der Waals surface area contributed by atoms with Crippen LogP contribution in [0.4, 0.5) is 0 Å². The summed E-state index contributed by atoms with van der Waals surface area (Å²) in [6.45, 7) is 11.7. The van der Waals surface area contributed by atoms with Crippen LogP contribution in [0.2, 0.25) is 0 Å². The number of thiocarbonyl (C=S) groups is 1. The van der Waals surface area contributed by atoms with Crippen LogP contribution in [0.3, 0.4) is 0 Å². The molecule has 0 radical (unpaired) electrons. The van der Waals surface area contributed by atoms with Crippen LogP contribution in [0, 0.1) is 13.8 Å². The fourth-order valence-corrected chi connectivity index (χ4v) is 6.80. The standard InChI is InChI=1S/C23H30NO3PS2/c1-6-24(7-2)23(29)30-16-19-14-17(4)21(18(5)15-19)22(25)28(26,27-8-3)20-12-10-9-11-13-20/h9-15H,6-8,16H2,1-5H3. The van der Waals surface area contributed by atoms with Crippen molar-refractivity contribution in [2.75, 3.05) is 19.7 Å². The predicted octanol–water partition coefficient (Wildman–Crippen LogP) is 5.94. The fraction of sp³-hybridized carbons (Fsp3) is 0.391. The number of benzene rings is 2. The highest BCUT2D eigenvalue weighted by molar-refractivity contribution is 8.22. The zero-order chi connectivity index (χ0) is 22.3. The smallest absolute Gasteiger partial charge is 0.300 e. The Morgan fingerprint density at radius 1 is 1.07 bits per heavy atom. The summed E-state index contributed by atoms with van der Waals surface area (Å²) in [6.07, 6.45) is 0. The summed E-state index contributed by atoms with van der Waals surface area (Å²) in [6, 6.07) is 12.7. The number of carbonyl (C=O) groups is 1. The van der Waals surface area contributed by atoms with E-state index in [0.29, 0.717) is 10.9 Å². The number of thioether (sulfide) groups is 1. The molecule has 2 rings (SSSR count). The van der Waals surface area contributed by atoms with E-state index in [4.69, 9.17) is 16.7 Å². The molecule has 30 heavy (non-hydrogen) atoms. The summed E-state index contributed by atoms with van der Waals surface area (Å²) in [5, 5.41) is 0.430. The van der Waals surface area contributed by atoms with Gasteiger partial charge in [0.05, 0.1) is 6.61 Å². The number of hydrogen-bond acceptors (Lipinski definition) is 5. The largest absolute Gasteiger partial charge is 0.358 e. The molecule has 0 amide bonds. The summed E-state index contributed by atoms with van der Waals surface area (Å²) < 4.78 is 20.1. The normalized spacial score (nSPS) is 13.0. The summed E-state index contributed by atoms with van der Waals surface area (Å²) in [5.41, 5.74) is 2.74. The molecule has 0 aliphatic carbocycles. The van der Waals surface area contributed by atoms with E-state index in [1.165, 1.54) is 0 Å². The van der Waals surface area contributed by atoms with Crippen molar-refractivity contribution in [2.45, 2.75) is 40.4 Å². The van der Waals surface area contributed by atoms with Gasteiger partial charge in [-0.3, -0.25) is 9.36 Å². The summed E-state index contributed by atoms with van der Waals surface area (Å²) in [5.74, 6) is 0.729. The van der Waals surface area contributed by atoms with E-state index in [0.717, 1.165) is 39.9 Å². The van der Waals surface area contributed by atoms with Crippen molar-refractivity contribution in [1.29, 1.82) is 0 Å². The molecule has 0 heterocycles. The van der Waals surface area contributed by atoms with E-state index in [1.54, 1.807) is 43.0 Å². The molecular weight excluding hydrogens is 433 g/mol. The van der Waals surface area contributed by atoms with Crippen LogP contribution in [0.25, 0.3) is 0 Å². The lowest BCUT2D eigenvalue weighted by Crippen LogP contribution is -2.26. The Labute approximate surface area is 189 Å². The van der Waals surface area contributed by atoms with Crippen molar-refractivity contribution >= 4 is 46.5 Å². The highest BCUT2D eigenvalue weighted by Gasteiger charge is 2.37. The SMILES string of the molecule is CCOP(=O)(C(=O)c1c(C)cc(CSC(=S)N(CC)CC)cc1C)c1ccccc1. The molecular formula is C23H30NO3PS2. The van der Waals surface area contributed by atoms with Gasteiger partial charge >= 0.3 is 7.37 Å². The summed E-state index contributed by atoms with van der Waals surface area (Å²) in [4.78, 5) is 15.6. The van der Waals surface area contributed by atoms with Gasteiger partial charge < -0.3 is 9.42 Å². The highest BCUT2D eigenvalue weighted by atomic mass is 32.2. The van der Waals surface area contributed by atoms with Gasteiger partial charge in [-0.2, -0.15) is 0 Å². The Hall–Kier alpha value is -1.46. The van der Waals surface area contributed by atoms with Gasteiger partial charge in [-0.1, -0.05) is 54.3 Å². The average Bonchev–Trinajstić information content (AvgIpc) is 2.73. The number of aryl methyl sites for hydroxylation is 2. The average molecular weight is 464 g/mol. The number of rotatable bonds is 9. The van der Waals surface area contributed by atoms with Crippen LogP contribution >= 0.6 is 31.3 Å². The molecule has 162 valence electrons. The molecule has 4 nitrogen and oxygen atoms in total. The Morgan fingerprint density at radius 3 is 2.13 bits per heavy atom. The molecule has 0 saturated carbocycles. The first-order valence-electron chi connectivity index (χ1n) is 10.1. The van der Waals surface area contributed by atoms with Crippen molar-refractivity contribution in [3.8, 4) is 0 Å². The maximum atomic E-state index is 13.7. The maximum absolute atomic E-state index is 13.7. The summed E-state index contributed by atoms with van der Waals surface area (Å²) >= 11 is 7.14. The van der Waals surface area contributed by atoms with Crippen LogP contribution < -0.4 is 5.30 Å². The monoisotopic (exact) mass is 463 g/mol.